The van der Waals surface area contributed by atoms with E-state index in [-0.39, 0.29) is 5.91 Å². The lowest BCUT2D eigenvalue weighted by Gasteiger charge is -2.26. The fraction of sp³-hybridized carbons (Fsp3) is 0.529. The van der Waals surface area contributed by atoms with Gasteiger partial charge in [0.2, 0.25) is 5.91 Å². The van der Waals surface area contributed by atoms with Crippen LogP contribution < -0.4 is 5.32 Å². The number of carbonyl (C=O) groups excluding carboxylic acids is 1. The molecule has 0 bridgehead atoms. The van der Waals surface area contributed by atoms with Crippen molar-refractivity contribution in [3.8, 4) is 0 Å². The first kappa shape index (κ1) is 18.1. The van der Waals surface area contributed by atoms with Gasteiger partial charge in [-0.2, -0.15) is 0 Å². The number of amides is 1. The van der Waals surface area contributed by atoms with Gasteiger partial charge in [0.25, 0.3) is 0 Å². The molecular formula is C17H22ClN5OS. The van der Waals surface area contributed by atoms with E-state index in [1.165, 1.54) is 0 Å². The summed E-state index contributed by atoms with van der Waals surface area (Å²) in [5.41, 5.74) is 1.07. The van der Waals surface area contributed by atoms with Gasteiger partial charge in [-0.15, -0.1) is 0 Å². The normalized spacial score (nSPS) is 13.9. The largest absolute Gasteiger partial charge is 0.337 e. The average molecular weight is 380 g/mol. The third kappa shape index (κ3) is 4.46. The summed E-state index contributed by atoms with van der Waals surface area (Å²) in [6, 6.07) is 1.69. The monoisotopic (exact) mass is 379 g/mol. The number of anilines is 2. The minimum atomic E-state index is 0.221. The van der Waals surface area contributed by atoms with E-state index >= 15 is 0 Å². The Labute approximate surface area is 156 Å². The zero-order valence-electron chi connectivity index (χ0n) is 14.7. The molecule has 1 amide bonds. The molecule has 0 aliphatic carbocycles. The first-order valence-corrected chi connectivity index (χ1v) is 9.71. The predicted molar refractivity (Wildman–Crippen MR) is 100 cm³/mol. The van der Waals surface area contributed by atoms with Crippen LogP contribution in [0.15, 0.2) is 6.07 Å². The van der Waals surface area contributed by atoms with Crippen LogP contribution in [0, 0.1) is 5.92 Å². The van der Waals surface area contributed by atoms with Gasteiger partial charge >= 0.3 is 0 Å². The molecule has 6 nitrogen and oxygen atoms in total. The van der Waals surface area contributed by atoms with E-state index in [1.54, 1.807) is 17.4 Å². The minimum Gasteiger partial charge on any atom is -0.337 e. The Morgan fingerprint density at radius 2 is 2.20 bits per heavy atom. The summed E-state index contributed by atoms with van der Waals surface area (Å²) in [5.74, 6) is 1.94. The molecule has 8 heteroatoms. The van der Waals surface area contributed by atoms with E-state index in [4.69, 9.17) is 11.6 Å². The van der Waals surface area contributed by atoms with E-state index in [0.717, 1.165) is 35.1 Å². The van der Waals surface area contributed by atoms with Gasteiger partial charge < -0.3 is 10.2 Å². The lowest BCUT2D eigenvalue weighted by molar-refractivity contribution is -0.132. The first-order valence-electron chi connectivity index (χ1n) is 8.51. The molecule has 1 aliphatic heterocycles. The van der Waals surface area contributed by atoms with E-state index in [0.29, 0.717) is 35.7 Å². The maximum atomic E-state index is 12.3. The SMILES string of the molecule is CCc1nc(Cl)cc(Nc2nc3c(s2)CN(C(=O)CC(C)C)CC3)n1. The van der Waals surface area contributed by atoms with Gasteiger partial charge in [-0.25, -0.2) is 15.0 Å². The fourth-order valence-corrected chi connectivity index (χ4v) is 3.97. The summed E-state index contributed by atoms with van der Waals surface area (Å²) >= 11 is 7.61. The minimum absolute atomic E-state index is 0.221. The number of thiazole rings is 1. The quantitative estimate of drug-likeness (QED) is 0.799. The Hall–Kier alpha value is -1.73. The molecule has 0 unspecified atom stereocenters. The molecule has 3 rings (SSSR count). The topological polar surface area (TPSA) is 71.0 Å². The molecule has 0 fully saturated rings. The maximum absolute atomic E-state index is 12.3. The Morgan fingerprint density at radius 3 is 2.92 bits per heavy atom. The van der Waals surface area contributed by atoms with Crippen LogP contribution in [-0.4, -0.2) is 32.3 Å². The summed E-state index contributed by atoms with van der Waals surface area (Å²) in [6.45, 7) is 7.51. The summed E-state index contributed by atoms with van der Waals surface area (Å²) in [6.07, 6.45) is 2.11. The van der Waals surface area contributed by atoms with Crippen molar-refractivity contribution < 1.29 is 4.79 Å². The van der Waals surface area contributed by atoms with Crippen molar-refractivity contribution in [3.63, 3.8) is 0 Å². The molecule has 2 aromatic heterocycles. The van der Waals surface area contributed by atoms with Crippen molar-refractivity contribution in [2.45, 2.75) is 46.6 Å². The second-order valence-electron chi connectivity index (χ2n) is 6.52. The Kier molecular flexibility index (Phi) is 5.54. The van der Waals surface area contributed by atoms with Crippen LogP contribution in [0.25, 0.3) is 0 Å². The van der Waals surface area contributed by atoms with Crippen LogP contribution >= 0.6 is 22.9 Å². The highest BCUT2D eigenvalue weighted by Gasteiger charge is 2.24. The number of aryl methyl sites for hydroxylation is 1. The number of hydrogen-bond donors (Lipinski definition) is 1. The summed E-state index contributed by atoms with van der Waals surface area (Å²) < 4.78 is 0. The van der Waals surface area contributed by atoms with E-state index in [9.17, 15) is 4.79 Å². The summed E-state index contributed by atoms with van der Waals surface area (Å²) in [4.78, 5) is 28.6. The molecule has 25 heavy (non-hydrogen) atoms. The predicted octanol–water partition coefficient (Wildman–Crippen LogP) is 3.82. The highest BCUT2D eigenvalue weighted by atomic mass is 35.5. The molecule has 1 N–H and O–H groups in total. The van der Waals surface area contributed by atoms with Crippen LogP contribution in [-0.2, 0) is 24.2 Å². The third-order valence-corrected chi connectivity index (χ3v) is 5.15. The van der Waals surface area contributed by atoms with Crippen molar-refractivity contribution in [3.05, 3.63) is 27.6 Å². The number of carbonyl (C=O) groups is 1. The number of halogens is 1. The molecule has 1 aliphatic rings. The van der Waals surface area contributed by atoms with Crippen LogP contribution in [0.5, 0.6) is 0 Å². The van der Waals surface area contributed by atoms with Gasteiger partial charge in [0.1, 0.15) is 16.8 Å². The van der Waals surface area contributed by atoms with Gasteiger partial charge in [-0.3, -0.25) is 4.79 Å². The molecule has 2 aromatic rings. The number of hydrogen-bond acceptors (Lipinski definition) is 6. The van der Waals surface area contributed by atoms with E-state index < -0.39 is 0 Å². The second kappa shape index (κ2) is 7.66. The highest BCUT2D eigenvalue weighted by Crippen LogP contribution is 2.30. The second-order valence-corrected chi connectivity index (χ2v) is 7.99. The summed E-state index contributed by atoms with van der Waals surface area (Å²) in [7, 11) is 0. The van der Waals surface area contributed by atoms with Crippen LogP contribution in [0.2, 0.25) is 5.15 Å². The molecular weight excluding hydrogens is 358 g/mol. The lowest BCUT2D eigenvalue weighted by Crippen LogP contribution is -2.36. The van der Waals surface area contributed by atoms with Gasteiger partial charge in [0, 0.05) is 36.8 Å². The Morgan fingerprint density at radius 1 is 1.40 bits per heavy atom. The lowest BCUT2D eigenvalue weighted by atomic mass is 10.1. The van der Waals surface area contributed by atoms with Gasteiger partial charge in [-0.05, 0) is 5.92 Å². The smallest absolute Gasteiger partial charge is 0.223 e. The molecule has 0 radical (unpaired) electrons. The van der Waals surface area contributed by atoms with Crippen LogP contribution in [0.4, 0.5) is 10.9 Å². The number of fused-ring (bicyclic) bond motifs is 1. The van der Waals surface area contributed by atoms with Crippen LogP contribution in [0.3, 0.4) is 0 Å². The molecule has 3 heterocycles. The zero-order valence-corrected chi connectivity index (χ0v) is 16.2. The molecule has 0 spiro atoms. The number of aromatic nitrogens is 3. The zero-order chi connectivity index (χ0) is 18.0. The molecule has 0 saturated carbocycles. The van der Waals surface area contributed by atoms with Gasteiger partial charge in [0.05, 0.1) is 12.2 Å². The van der Waals surface area contributed by atoms with Crippen molar-refractivity contribution >= 4 is 39.8 Å². The summed E-state index contributed by atoms with van der Waals surface area (Å²) in [5, 5.41) is 4.42. The average Bonchev–Trinajstić information content (AvgIpc) is 2.94. The first-order chi connectivity index (χ1) is 11.9. The molecule has 0 atom stereocenters. The molecule has 134 valence electrons. The third-order valence-electron chi connectivity index (χ3n) is 3.96. The van der Waals surface area contributed by atoms with Gasteiger partial charge in [-0.1, -0.05) is 43.7 Å². The molecule has 0 saturated heterocycles. The number of nitrogens with one attached hydrogen (secondary N) is 1. The maximum Gasteiger partial charge on any atom is 0.223 e. The van der Waals surface area contributed by atoms with Crippen LogP contribution in [0.1, 0.15) is 43.6 Å². The Balaban J connectivity index is 1.72. The number of rotatable bonds is 5. The fourth-order valence-electron chi connectivity index (χ4n) is 2.74. The van der Waals surface area contributed by atoms with Gasteiger partial charge in [0.15, 0.2) is 5.13 Å². The Bertz CT molecular complexity index is 776. The van der Waals surface area contributed by atoms with Crippen molar-refractivity contribution in [2.24, 2.45) is 5.92 Å². The van der Waals surface area contributed by atoms with Crippen molar-refractivity contribution in [2.75, 3.05) is 11.9 Å². The van der Waals surface area contributed by atoms with E-state index in [2.05, 4.69) is 34.1 Å². The standard InChI is InChI=1S/C17H22ClN5OS/c1-4-14-20-13(18)8-15(21-14)22-17-19-11-5-6-23(9-12(11)25-17)16(24)7-10(2)3/h8,10H,4-7,9H2,1-3H3,(H,19,20,21,22). The number of nitrogens with zero attached hydrogens (tertiary/aromatic N) is 4. The van der Waals surface area contributed by atoms with Crippen molar-refractivity contribution in [1.29, 1.82) is 0 Å². The van der Waals surface area contributed by atoms with Crippen molar-refractivity contribution in [1.82, 2.24) is 19.9 Å². The highest BCUT2D eigenvalue weighted by molar-refractivity contribution is 7.15. The molecule has 0 aromatic carbocycles. The van der Waals surface area contributed by atoms with E-state index in [1.807, 2.05) is 11.8 Å².